The lowest BCUT2D eigenvalue weighted by molar-refractivity contribution is -0.123. The van der Waals surface area contributed by atoms with Crippen molar-refractivity contribution in [2.24, 2.45) is 0 Å². The molecule has 0 radical (unpaired) electrons. The summed E-state index contributed by atoms with van der Waals surface area (Å²) < 4.78 is 12.9. The summed E-state index contributed by atoms with van der Waals surface area (Å²) in [5.74, 6) is 0.0826. The Bertz CT molecular complexity index is 1390. The third kappa shape index (κ3) is 5.64. The van der Waals surface area contributed by atoms with Gasteiger partial charge in [-0.25, -0.2) is 4.79 Å². The Labute approximate surface area is 221 Å². The molecular formula is C29H30N2O5S. The standard InChI is InChI=1S/C29H30N2O5S/c1-6-35-28(33)22-9-11-24(12-10-22)31-20(4)16-23(21(31)5)17-26-27(32)30(29(34)37-26)13-14-36-25-15-18(2)7-8-19(25)3/h7-12,15-17H,6,13-14H2,1-5H3/b26-17-. The largest absolute Gasteiger partial charge is 0.491 e. The van der Waals surface area contributed by atoms with Gasteiger partial charge in [0.15, 0.2) is 0 Å². The molecule has 0 N–H and O–H groups in total. The summed E-state index contributed by atoms with van der Waals surface area (Å²) in [6, 6.07) is 15.1. The van der Waals surface area contributed by atoms with Crippen LogP contribution in [0.1, 0.15) is 45.4 Å². The Kier molecular flexibility index (Phi) is 7.88. The Morgan fingerprint density at radius 2 is 1.73 bits per heavy atom. The third-order valence-corrected chi connectivity index (χ3v) is 7.09. The molecule has 192 valence electrons. The first-order valence-electron chi connectivity index (χ1n) is 12.1. The molecule has 7 nitrogen and oxygen atoms in total. The SMILES string of the molecule is CCOC(=O)c1ccc(-n2c(C)cc(/C=C3\SC(=O)N(CCOc4cc(C)ccc4C)C3=O)c2C)cc1. The second-order valence-electron chi connectivity index (χ2n) is 8.88. The summed E-state index contributed by atoms with van der Waals surface area (Å²) in [5, 5.41) is -0.302. The van der Waals surface area contributed by atoms with Gasteiger partial charge in [-0.1, -0.05) is 12.1 Å². The maximum atomic E-state index is 13.0. The molecule has 1 aliphatic rings. The number of benzene rings is 2. The molecule has 1 saturated heterocycles. The molecule has 8 heteroatoms. The van der Waals surface area contributed by atoms with Crippen molar-refractivity contribution in [1.29, 1.82) is 0 Å². The highest BCUT2D eigenvalue weighted by atomic mass is 32.2. The van der Waals surface area contributed by atoms with Crippen LogP contribution in [0.4, 0.5) is 4.79 Å². The van der Waals surface area contributed by atoms with Crippen molar-refractivity contribution in [3.63, 3.8) is 0 Å². The number of hydrogen-bond donors (Lipinski definition) is 0. The molecule has 1 aromatic heterocycles. The molecule has 0 atom stereocenters. The average molecular weight is 519 g/mol. The van der Waals surface area contributed by atoms with Crippen LogP contribution in [0.25, 0.3) is 11.8 Å². The van der Waals surface area contributed by atoms with Gasteiger partial charge in [0, 0.05) is 17.1 Å². The van der Waals surface area contributed by atoms with Gasteiger partial charge in [-0.05, 0) is 106 Å². The molecule has 0 spiro atoms. The number of nitrogens with zero attached hydrogens (tertiary/aromatic N) is 2. The highest BCUT2D eigenvalue weighted by Crippen LogP contribution is 2.34. The number of aryl methyl sites for hydroxylation is 3. The Morgan fingerprint density at radius 3 is 2.43 bits per heavy atom. The second-order valence-corrected chi connectivity index (χ2v) is 9.87. The first-order valence-corrected chi connectivity index (χ1v) is 12.9. The Hall–Kier alpha value is -3.78. The van der Waals surface area contributed by atoms with E-state index in [1.807, 2.05) is 68.7 Å². The van der Waals surface area contributed by atoms with Gasteiger partial charge in [0.25, 0.3) is 11.1 Å². The minimum atomic E-state index is -0.356. The lowest BCUT2D eigenvalue weighted by Gasteiger charge is -2.14. The fraction of sp³-hybridized carbons (Fsp3) is 0.276. The van der Waals surface area contributed by atoms with E-state index in [-0.39, 0.29) is 30.3 Å². The molecule has 1 fully saturated rings. The predicted molar refractivity (Wildman–Crippen MR) is 145 cm³/mol. The van der Waals surface area contributed by atoms with Gasteiger partial charge in [0.05, 0.1) is 23.6 Å². The van der Waals surface area contributed by atoms with Gasteiger partial charge in [0.2, 0.25) is 0 Å². The van der Waals surface area contributed by atoms with E-state index in [0.717, 1.165) is 51.3 Å². The van der Waals surface area contributed by atoms with Crippen LogP contribution in [0, 0.1) is 27.7 Å². The van der Waals surface area contributed by atoms with Crippen molar-refractivity contribution in [3.8, 4) is 11.4 Å². The van der Waals surface area contributed by atoms with E-state index in [0.29, 0.717) is 17.1 Å². The van der Waals surface area contributed by atoms with E-state index >= 15 is 0 Å². The molecule has 4 rings (SSSR count). The van der Waals surface area contributed by atoms with Crippen molar-refractivity contribution in [2.75, 3.05) is 19.8 Å². The van der Waals surface area contributed by atoms with Crippen LogP contribution < -0.4 is 4.74 Å². The van der Waals surface area contributed by atoms with Gasteiger partial charge in [-0.3, -0.25) is 14.5 Å². The van der Waals surface area contributed by atoms with E-state index in [1.165, 1.54) is 4.90 Å². The van der Waals surface area contributed by atoms with E-state index in [9.17, 15) is 14.4 Å². The highest BCUT2D eigenvalue weighted by Gasteiger charge is 2.35. The second kappa shape index (κ2) is 11.1. The number of aromatic nitrogens is 1. The molecule has 37 heavy (non-hydrogen) atoms. The maximum absolute atomic E-state index is 13.0. The molecular weight excluding hydrogens is 488 g/mol. The first-order chi connectivity index (χ1) is 17.7. The minimum Gasteiger partial charge on any atom is -0.491 e. The van der Waals surface area contributed by atoms with Crippen LogP contribution >= 0.6 is 11.8 Å². The molecule has 2 heterocycles. The lowest BCUT2D eigenvalue weighted by Crippen LogP contribution is -2.32. The van der Waals surface area contributed by atoms with Gasteiger partial charge >= 0.3 is 5.97 Å². The third-order valence-electron chi connectivity index (χ3n) is 6.18. The zero-order valence-electron chi connectivity index (χ0n) is 21.7. The summed E-state index contributed by atoms with van der Waals surface area (Å²) >= 11 is 0.940. The fourth-order valence-electron chi connectivity index (χ4n) is 4.24. The number of imide groups is 1. The lowest BCUT2D eigenvalue weighted by atomic mass is 10.1. The van der Waals surface area contributed by atoms with E-state index < -0.39 is 0 Å². The zero-order chi connectivity index (χ0) is 26.7. The van der Waals surface area contributed by atoms with Crippen LogP contribution in [0.2, 0.25) is 0 Å². The number of amides is 2. The highest BCUT2D eigenvalue weighted by molar-refractivity contribution is 8.18. The molecule has 3 aromatic rings. The van der Waals surface area contributed by atoms with Crippen molar-refractivity contribution in [2.45, 2.75) is 34.6 Å². The van der Waals surface area contributed by atoms with Crippen LogP contribution in [-0.4, -0.2) is 46.3 Å². The quantitative estimate of drug-likeness (QED) is 0.269. The number of rotatable bonds is 8. The van der Waals surface area contributed by atoms with Gasteiger partial charge in [0.1, 0.15) is 12.4 Å². The van der Waals surface area contributed by atoms with Crippen molar-refractivity contribution >= 4 is 35.0 Å². The molecule has 2 amide bonds. The summed E-state index contributed by atoms with van der Waals surface area (Å²) in [6.45, 7) is 10.4. The van der Waals surface area contributed by atoms with E-state index in [4.69, 9.17) is 9.47 Å². The van der Waals surface area contributed by atoms with Gasteiger partial charge in [-0.2, -0.15) is 0 Å². The average Bonchev–Trinajstić information content (AvgIpc) is 3.30. The fourth-order valence-corrected chi connectivity index (χ4v) is 5.09. The summed E-state index contributed by atoms with van der Waals surface area (Å²) in [6.07, 6.45) is 1.77. The number of thioether (sulfide) groups is 1. The smallest absolute Gasteiger partial charge is 0.338 e. The molecule has 1 aliphatic heterocycles. The van der Waals surface area contributed by atoms with Crippen LogP contribution in [0.5, 0.6) is 5.75 Å². The zero-order valence-corrected chi connectivity index (χ0v) is 22.5. The number of carbonyl (C=O) groups is 3. The number of hydrogen-bond acceptors (Lipinski definition) is 6. The van der Waals surface area contributed by atoms with E-state index in [2.05, 4.69) is 0 Å². The maximum Gasteiger partial charge on any atom is 0.338 e. The van der Waals surface area contributed by atoms with E-state index in [1.54, 1.807) is 25.1 Å². The number of ether oxygens (including phenoxy) is 2. The van der Waals surface area contributed by atoms with Gasteiger partial charge < -0.3 is 14.0 Å². The normalized spacial score (nSPS) is 14.5. The molecule has 0 saturated carbocycles. The van der Waals surface area contributed by atoms with Crippen LogP contribution in [-0.2, 0) is 9.53 Å². The monoisotopic (exact) mass is 518 g/mol. The predicted octanol–water partition coefficient (Wildman–Crippen LogP) is 6.00. The molecule has 2 aromatic carbocycles. The minimum absolute atomic E-state index is 0.182. The number of esters is 1. The van der Waals surface area contributed by atoms with Crippen molar-refractivity contribution in [1.82, 2.24) is 9.47 Å². The Morgan fingerprint density at radius 1 is 1.00 bits per heavy atom. The summed E-state index contributed by atoms with van der Waals surface area (Å²) in [7, 11) is 0. The summed E-state index contributed by atoms with van der Waals surface area (Å²) in [4.78, 5) is 39.2. The van der Waals surface area contributed by atoms with Crippen LogP contribution in [0.3, 0.4) is 0 Å². The van der Waals surface area contributed by atoms with Crippen molar-refractivity contribution in [3.05, 3.63) is 87.1 Å². The summed E-state index contributed by atoms with van der Waals surface area (Å²) in [5.41, 5.74) is 6.21. The van der Waals surface area contributed by atoms with Crippen molar-refractivity contribution < 1.29 is 23.9 Å². The van der Waals surface area contributed by atoms with Gasteiger partial charge in [-0.15, -0.1) is 0 Å². The number of carbonyl (C=O) groups excluding carboxylic acids is 3. The first kappa shape index (κ1) is 26.3. The molecule has 0 unspecified atom stereocenters. The molecule has 0 aliphatic carbocycles. The topological polar surface area (TPSA) is 77.8 Å². The van der Waals surface area contributed by atoms with Crippen LogP contribution in [0.15, 0.2) is 53.4 Å². The molecule has 0 bridgehead atoms. The Balaban J connectivity index is 1.48.